The van der Waals surface area contributed by atoms with Gasteiger partial charge in [-0.2, -0.15) is 0 Å². The molecule has 0 unspecified atom stereocenters. The number of benzene rings is 1. The van der Waals surface area contributed by atoms with Crippen LogP contribution in [0.15, 0.2) is 41.5 Å². The number of aromatic nitrogens is 1. The lowest BCUT2D eigenvalue weighted by molar-refractivity contribution is -0.112. The smallest absolute Gasteiger partial charge is 0.316 e. The zero-order valence-corrected chi connectivity index (χ0v) is 11.4. The van der Waals surface area contributed by atoms with Crippen LogP contribution in [0.4, 0.5) is 10.5 Å². The van der Waals surface area contributed by atoms with Crippen molar-refractivity contribution in [1.29, 1.82) is 0 Å². The van der Waals surface area contributed by atoms with E-state index >= 15 is 0 Å². The first-order valence-corrected chi connectivity index (χ1v) is 6.53. The molecule has 0 bridgehead atoms. The topological polar surface area (TPSA) is 100 Å². The highest BCUT2D eigenvalue weighted by Crippen LogP contribution is 2.24. The maximum absolute atomic E-state index is 12.2. The molecule has 6 heteroatoms. The SMILES string of the molecule is C[C@H](C1=c2cc(NC(N)=O)ccc2=NC1=O)c1ccc[nH]1. The molecular formula is C15H14N4O2. The quantitative estimate of drug-likeness (QED) is 0.768. The van der Waals surface area contributed by atoms with Crippen LogP contribution in [0.2, 0.25) is 0 Å². The van der Waals surface area contributed by atoms with Crippen LogP contribution in [0.5, 0.6) is 0 Å². The summed E-state index contributed by atoms with van der Waals surface area (Å²) in [6.45, 7) is 1.94. The average Bonchev–Trinajstić information content (AvgIpc) is 3.04. The lowest BCUT2D eigenvalue weighted by Gasteiger charge is -2.09. The fourth-order valence-corrected chi connectivity index (χ4v) is 2.54. The van der Waals surface area contributed by atoms with Crippen molar-refractivity contribution < 1.29 is 9.59 Å². The number of hydrogen-bond donors (Lipinski definition) is 3. The molecule has 21 heavy (non-hydrogen) atoms. The standard InChI is InChI=1S/C15H14N4O2/c1-8(11-3-2-6-17-11)13-10-7-9(18-15(16)21)4-5-12(10)19-14(13)20/h2-8,17H,1H3,(H3,16,18,21)/t8-/m0/s1. The zero-order valence-electron chi connectivity index (χ0n) is 11.4. The number of rotatable bonds is 3. The second-order valence-corrected chi connectivity index (χ2v) is 4.90. The average molecular weight is 282 g/mol. The zero-order chi connectivity index (χ0) is 15.0. The van der Waals surface area contributed by atoms with Crippen molar-refractivity contribution >= 4 is 23.2 Å². The molecule has 1 aromatic heterocycles. The number of nitrogens with one attached hydrogen (secondary N) is 2. The van der Waals surface area contributed by atoms with Crippen molar-refractivity contribution in [3.05, 3.63) is 52.8 Å². The molecular weight excluding hydrogens is 268 g/mol. The van der Waals surface area contributed by atoms with Crippen LogP contribution in [0.25, 0.3) is 5.57 Å². The van der Waals surface area contributed by atoms with Gasteiger partial charge in [-0.1, -0.05) is 6.92 Å². The third-order valence-corrected chi connectivity index (χ3v) is 3.53. The summed E-state index contributed by atoms with van der Waals surface area (Å²) in [6, 6.07) is 8.26. The molecule has 4 N–H and O–H groups in total. The van der Waals surface area contributed by atoms with Gasteiger partial charge in [0.05, 0.1) is 5.36 Å². The van der Waals surface area contributed by atoms with Crippen molar-refractivity contribution in [1.82, 2.24) is 4.98 Å². The predicted octanol–water partition coefficient (Wildman–Crippen LogP) is 0.619. The van der Waals surface area contributed by atoms with E-state index in [1.807, 2.05) is 25.3 Å². The maximum Gasteiger partial charge on any atom is 0.316 e. The second kappa shape index (κ2) is 4.90. The highest BCUT2D eigenvalue weighted by molar-refractivity contribution is 6.17. The van der Waals surface area contributed by atoms with Gasteiger partial charge in [0.25, 0.3) is 5.91 Å². The van der Waals surface area contributed by atoms with Gasteiger partial charge >= 0.3 is 6.03 Å². The van der Waals surface area contributed by atoms with Gasteiger partial charge in [-0.25, -0.2) is 9.79 Å². The molecule has 3 rings (SSSR count). The van der Waals surface area contributed by atoms with Gasteiger partial charge in [0, 0.05) is 34.3 Å². The molecule has 1 aliphatic rings. The maximum atomic E-state index is 12.2. The summed E-state index contributed by atoms with van der Waals surface area (Å²) < 4.78 is 0. The van der Waals surface area contributed by atoms with E-state index in [0.29, 0.717) is 16.6 Å². The molecule has 0 radical (unpaired) electrons. The lowest BCUT2D eigenvalue weighted by Crippen LogP contribution is -2.27. The molecule has 1 atom stereocenters. The second-order valence-electron chi connectivity index (χ2n) is 4.90. The number of primary amides is 1. The van der Waals surface area contributed by atoms with Gasteiger partial charge in [0.15, 0.2) is 0 Å². The monoisotopic (exact) mass is 282 g/mol. The van der Waals surface area contributed by atoms with E-state index < -0.39 is 6.03 Å². The lowest BCUT2D eigenvalue weighted by atomic mass is 9.96. The molecule has 2 heterocycles. The summed E-state index contributed by atoms with van der Waals surface area (Å²) >= 11 is 0. The van der Waals surface area contributed by atoms with Gasteiger partial charge in [-0.15, -0.1) is 0 Å². The minimum atomic E-state index is -0.643. The van der Waals surface area contributed by atoms with E-state index in [0.717, 1.165) is 10.9 Å². The van der Waals surface area contributed by atoms with Gasteiger partial charge in [-0.3, -0.25) is 4.79 Å². The molecule has 3 amide bonds. The Labute approximate surface area is 120 Å². The molecule has 2 aromatic rings. The largest absolute Gasteiger partial charge is 0.364 e. The molecule has 106 valence electrons. The number of anilines is 1. The Balaban J connectivity index is 2.16. The highest BCUT2D eigenvalue weighted by atomic mass is 16.2. The normalized spacial score (nSPS) is 14.5. The summed E-state index contributed by atoms with van der Waals surface area (Å²) in [7, 11) is 0. The molecule has 0 spiro atoms. The van der Waals surface area contributed by atoms with Gasteiger partial charge in [0.2, 0.25) is 0 Å². The Hall–Kier alpha value is -2.89. The number of carbonyl (C=O) groups excluding carboxylic acids is 2. The third-order valence-electron chi connectivity index (χ3n) is 3.53. The molecule has 0 aliphatic carbocycles. The Bertz CT molecular complexity index is 837. The van der Waals surface area contributed by atoms with Crippen molar-refractivity contribution in [3.8, 4) is 0 Å². The number of hydrogen-bond acceptors (Lipinski definition) is 2. The van der Waals surface area contributed by atoms with Gasteiger partial charge < -0.3 is 16.0 Å². The van der Waals surface area contributed by atoms with Crippen LogP contribution in [-0.4, -0.2) is 16.9 Å². The van der Waals surface area contributed by atoms with Crippen LogP contribution >= 0.6 is 0 Å². The van der Waals surface area contributed by atoms with Crippen LogP contribution < -0.4 is 21.6 Å². The summed E-state index contributed by atoms with van der Waals surface area (Å²) in [5.74, 6) is -0.357. The summed E-state index contributed by atoms with van der Waals surface area (Å²) in [5, 5.41) is 3.85. The van der Waals surface area contributed by atoms with Crippen LogP contribution in [0, 0.1) is 0 Å². The van der Waals surface area contributed by atoms with E-state index in [2.05, 4.69) is 15.3 Å². The summed E-state index contributed by atoms with van der Waals surface area (Å²) in [5.41, 5.74) is 7.21. The molecule has 0 saturated heterocycles. The van der Waals surface area contributed by atoms with Crippen LogP contribution in [-0.2, 0) is 4.79 Å². The number of nitrogens with zero attached hydrogens (tertiary/aromatic N) is 1. The van der Waals surface area contributed by atoms with E-state index in [9.17, 15) is 9.59 Å². The highest BCUT2D eigenvalue weighted by Gasteiger charge is 2.24. The van der Waals surface area contributed by atoms with E-state index in [1.165, 1.54) is 0 Å². The molecule has 1 aromatic carbocycles. The van der Waals surface area contributed by atoms with Crippen LogP contribution in [0.1, 0.15) is 18.5 Å². The Morgan fingerprint density at radius 2 is 2.19 bits per heavy atom. The van der Waals surface area contributed by atoms with Crippen molar-refractivity contribution in [2.24, 2.45) is 10.7 Å². The number of amides is 3. The first-order valence-electron chi connectivity index (χ1n) is 6.53. The summed E-state index contributed by atoms with van der Waals surface area (Å²) in [4.78, 5) is 30.3. The number of nitrogens with two attached hydrogens (primary N) is 1. The minimum Gasteiger partial charge on any atom is -0.364 e. The van der Waals surface area contributed by atoms with E-state index in [4.69, 9.17) is 5.73 Å². The van der Waals surface area contributed by atoms with E-state index in [-0.39, 0.29) is 11.8 Å². The molecule has 0 saturated carbocycles. The van der Waals surface area contributed by atoms with Crippen molar-refractivity contribution in [2.45, 2.75) is 12.8 Å². The van der Waals surface area contributed by atoms with Gasteiger partial charge in [0.1, 0.15) is 0 Å². The number of carbonyl (C=O) groups is 2. The van der Waals surface area contributed by atoms with Crippen molar-refractivity contribution in [2.75, 3.05) is 5.32 Å². The van der Waals surface area contributed by atoms with Crippen molar-refractivity contribution in [3.63, 3.8) is 0 Å². The Morgan fingerprint density at radius 3 is 2.86 bits per heavy atom. The third kappa shape index (κ3) is 2.31. The first kappa shape index (κ1) is 13.1. The Kier molecular flexibility index (Phi) is 3.06. The summed E-state index contributed by atoms with van der Waals surface area (Å²) in [6.07, 6.45) is 1.81. The van der Waals surface area contributed by atoms with Gasteiger partial charge in [-0.05, 0) is 30.3 Å². The molecule has 1 aliphatic heterocycles. The molecule has 0 fully saturated rings. The molecule has 6 nitrogen and oxygen atoms in total. The number of urea groups is 1. The number of fused-ring (bicyclic) bond motifs is 1. The van der Waals surface area contributed by atoms with Crippen LogP contribution in [0.3, 0.4) is 0 Å². The van der Waals surface area contributed by atoms with E-state index in [1.54, 1.807) is 18.2 Å². The predicted molar refractivity (Wildman–Crippen MR) is 78.1 cm³/mol. The number of aromatic amines is 1. The fraction of sp³-hybridized carbons (Fsp3) is 0.133. The first-order chi connectivity index (χ1) is 10.1. The minimum absolute atomic E-state index is 0.110. The number of H-pyrrole nitrogens is 1. The Morgan fingerprint density at radius 1 is 1.38 bits per heavy atom. The fourth-order valence-electron chi connectivity index (χ4n) is 2.54.